The molecule has 1 aromatic rings. The molecule has 1 aromatic carbocycles. The summed E-state index contributed by atoms with van der Waals surface area (Å²) in [5.41, 5.74) is 0. The van der Waals surface area contributed by atoms with Crippen molar-refractivity contribution in [1.82, 2.24) is 3.11 Å². The van der Waals surface area contributed by atoms with E-state index >= 15 is 0 Å². The van der Waals surface area contributed by atoms with Crippen molar-refractivity contribution >= 4 is 63.2 Å². The SMILES string of the molecule is CC(=O)O.Ic1ccccc1.O=C1CCC(=O)N1I. The van der Waals surface area contributed by atoms with Gasteiger partial charge < -0.3 is 5.11 Å². The summed E-state index contributed by atoms with van der Waals surface area (Å²) < 4.78 is 2.43. The van der Waals surface area contributed by atoms with Gasteiger partial charge >= 0.3 is 0 Å². The molecule has 0 aliphatic carbocycles. The first kappa shape index (κ1) is 18.3. The van der Waals surface area contributed by atoms with Crippen molar-refractivity contribution in [2.45, 2.75) is 19.8 Å². The zero-order chi connectivity index (χ0) is 14.8. The Morgan fingerprint density at radius 2 is 1.53 bits per heavy atom. The molecular formula is C12H13I2NO4. The van der Waals surface area contributed by atoms with E-state index in [1.54, 1.807) is 22.9 Å². The number of hydrogen-bond acceptors (Lipinski definition) is 3. The van der Waals surface area contributed by atoms with E-state index < -0.39 is 5.97 Å². The number of aliphatic carboxylic acids is 1. The van der Waals surface area contributed by atoms with Gasteiger partial charge in [0.25, 0.3) is 5.97 Å². The van der Waals surface area contributed by atoms with Crippen LogP contribution in [0.1, 0.15) is 19.8 Å². The fourth-order valence-corrected chi connectivity index (χ4v) is 1.86. The Bertz CT molecular complexity index is 417. The predicted octanol–water partition coefficient (Wildman–Crippen LogP) is 2.87. The second-order valence-corrected chi connectivity index (χ2v) is 5.59. The maximum Gasteiger partial charge on any atom is 0.300 e. The first-order valence-corrected chi connectivity index (χ1v) is 7.30. The maximum atomic E-state index is 10.5. The Hall–Kier alpha value is -0.710. The van der Waals surface area contributed by atoms with Gasteiger partial charge in [-0.2, -0.15) is 0 Å². The summed E-state index contributed by atoms with van der Waals surface area (Å²) in [4.78, 5) is 30.0. The van der Waals surface area contributed by atoms with Crippen LogP contribution in [0.3, 0.4) is 0 Å². The van der Waals surface area contributed by atoms with Gasteiger partial charge in [-0.3, -0.25) is 14.4 Å². The molecule has 0 atom stereocenters. The minimum absolute atomic E-state index is 0.0735. The molecule has 1 aliphatic heterocycles. The highest BCUT2D eigenvalue weighted by Crippen LogP contribution is 2.15. The Morgan fingerprint density at radius 3 is 1.68 bits per heavy atom. The van der Waals surface area contributed by atoms with Gasteiger partial charge in [-0.1, -0.05) is 18.2 Å². The molecule has 0 unspecified atom stereocenters. The average molecular weight is 489 g/mol. The monoisotopic (exact) mass is 489 g/mol. The van der Waals surface area contributed by atoms with Gasteiger partial charge in [-0.05, 0) is 34.7 Å². The van der Waals surface area contributed by atoms with E-state index in [0.717, 1.165) is 10.0 Å². The molecule has 1 heterocycles. The summed E-state index contributed by atoms with van der Waals surface area (Å²) in [6.07, 6.45) is 0.781. The summed E-state index contributed by atoms with van der Waals surface area (Å²) in [5.74, 6) is -0.980. The molecule has 0 aromatic heterocycles. The first-order valence-electron chi connectivity index (χ1n) is 5.26. The summed E-state index contributed by atoms with van der Waals surface area (Å²) >= 11 is 4.00. The van der Waals surface area contributed by atoms with Crippen LogP contribution in [0.4, 0.5) is 0 Å². The highest BCUT2D eigenvalue weighted by molar-refractivity contribution is 14.1. The van der Waals surface area contributed by atoms with Crippen molar-refractivity contribution < 1.29 is 19.5 Å². The maximum absolute atomic E-state index is 10.5. The fourth-order valence-electron chi connectivity index (χ4n) is 0.964. The minimum atomic E-state index is -0.833. The van der Waals surface area contributed by atoms with Crippen molar-refractivity contribution in [1.29, 1.82) is 0 Å². The normalized spacial score (nSPS) is 13.1. The minimum Gasteiger partial charge on any atom is -0.481 e. The zero-order valence-corrected chi connectivity index (χ0v) is 14.5. The quantitative estimate of drug-likeness (QED) is 0.346. The first-order chi connectivity index (χ1) is 8.84. The molecule has 0 saturated carbocycles. The van der Waals surface area contributed by atoms with Crippen LogP contribution in [0.15, 0.2) is 30.3 Å². The van der Waals surface area contributed by atoms with Crippen molar-refractivity contribution in [2.75, 3.05) is 0 Å². The van der Waals surface area contributed by atoms with Crippen molar-refractivity contribution in [3.05, 3.63) is 33.9 Å². The van der Waals surface area contributed by atoms with E-state index in [1.165, 1.54) is 3.57 Å². The molecule has 1 fully saturated rings. The van der Waals surface area contributed by atoms with E-state index in [-0.39, 0.29) is 11.8 Å². The number of halogens is 2. The van der Waals surface area contributed by atoms with Crippen molar-refractivity contribution in [2.24, 2.45) is 0 Å². The number of hydrogen-bond donors (Lipinski definition) is 1. The fraction of sp³-hybridized carbons (Fsp3) is 0.250. The van der Waals surface area contributed by atoms with E-state index in [2.05, 4.69) is 34.7 Å². The van der Waals surface area contributed by atoms with Crippen LogP contribution in [0, 0.1) is 3.57 Å². The lowest BCUT2D eigenvalue weighted by molar-refractivity contribution is -0.134. The number of carboxylic acid groups (broad SMARTS) is 1. The van der Waals surface area contributed by atoms with Gasteiger partial charge in [0, 0.05) is 23.3 Å². The molecule has 2 amide bonds. The second kappa shape index (κ2) is 10.1. The molecule has 19 heavy (non-hydrogen) atoms. The number of carbonyl (C=O) groups excluding carboxylic acids is 2. The largest absolute Gasteiger partial charge is 0.481 e. The Morgan fingerprint density at radius 1 is 1.16 bits per heavy atom. The smallest absolute Gasteiger partial charge is 0.300 e. The van der Waals surface area contributed by atoms with Crippen LogP contribution in [0.25, 0.3) is 0 Å². The number of amides is 2. The Kier molecular flexibility index (Phi) is 9.74. The number of nitrogens with zero attached hydrogens (tertiary/aromatic N) is 1. The third-order valence-electron chi connectivity index (χ3n) is 1.72. The number of carboxylic acids is 1. The molecule has 2 rings (SSSR count). The number of carbonyl (C=O) groups is 3. The summed E-state index contributed by atoms with van der Waals surface area (Å²) in [6, 6.07) is 10.2. The van der Waals surface area contributed by atoms with Gasteiger partial charge in [0.05, 0.1) is 22.9 Å². The molecule has 1 aliphatic rings. The van der Waals surface area contributed by atoms with E-state index in [0.29, 0.717) is 12.8 Å². The van der Waals surface area contributed by atoms with Gasteiger partial charge in [0.15, 0.2) is 0 Å². The summed E-state index contributed by atoms with van der Waals surface area (Å²) in [7, 11) is 0. The number of imide groups is 1. The van der Waals surface area contributed by atoms with Gasteiger partial charge in [0.2, 0.25) is 11.8 Å². The van der Waals surface area contributed by atoms with Gasteiger partial charge in [-0.15, -0.1) is 0 Å². The van der Waals surface area contributed by atoms with Crippen LogP contribution in [0.5, 0.6) is 0 Å². The number of benzene rings is 1. The molecule has 0 spiro atoms. The topological polar surface area (TPSA) is 74.7 Å². The molecule has 104 valence electrons. The second-order valence-electron chi connectivity index (χ2n) is 3.38. The van der Waals surface area contributed by atoms with Crippen molar-refractivity contribution in [3.63, 3.8) is 0 Å². The molecule has 1 saturated heterocycles. The molecule has 0 radical (unpaired) electrons. The van der Waals surface area contributed by atoms with Crippen LogP contribution >= 0.6 is 45.5 Å². The standard InChI is InChI=1S/C6H5I.C4H4INO2.C2H4O2/c7-6-4-2-1-3-5-6;5-6-3(7)1-2-4(6)8;1-2(3)4/h1-5H;1-2H2;1H3,(H,3,4). The average Bonchev–Trinajstić information content (AvgIpc) is 2.62. The molecule has 5 nitrogen and oxygen atoms in total. The highest BCUT2D eigenvalue weighted by Gasteiger charge is 2.26. The lowest BCUT2D eigenvalue weighted by atomic mass is 10.4. The third-order valence-corrected chi connectivity index (χ3v) is 3.52. The van der Waals surface area contributed by atoms with Gasteiger partial charge in [0.1, 0.15) is 0 Å². The molecule has 1 N–H and O–H groups in total. The van der Waals surface area contributed by atoms with E-state index in [4.69, 9.17) is 9.90 Å². The Balaban J connectivity index is 0.000000272. The summed E-state index contributed by atoms with van der Waals surface area (Å²) in [6.45, 7) is 1.08. The van der Waals surface area contributed by atoms with E-state index in [1.807, 2.05) is 18.2 Å². The third kappa shape index (κ3) is 9.82. The lowest BCUT2D eigenvalue weighted by Crippen LogP contribution is -2.16. The zero-order valence-electron chi connectivity index (χ0n) is 10.2. The molecule has 7 heteroatoms. The van der Waals surface area contributed by atoms with E-state index in [9.17, 15) is 9.59 Å². The van der Waals surface area contributed by atoms with Crippen LogP contribution in [-0.4, -0.2) is 26.0 Å². The predicted molar refractivity (Wildman–Crippen MR) is 87.6 cm³/mol. The Labute approximate surface area is 139 Å². The van der Waals surface area contributed by atoms with Crippen LogP contribution in [0.2, 0.25) is 0 Å². The van der Waals surface area contributed by atoms with Gasteiger partial charge in [-0.25, -0.2) is 3.11 Å². The summed E-state index contributed by atoms with van der Waals surface area (Å²) in [5, 5.41) is 7.42. The highest BCUT2D eigenvalue weighted by atomic mass is 127. The van der Waals surface area contributed by atoms with Crippen LogP contribution < -0.4 is 0 Å². The molecule has 0 bridgehead atoms. The number of rotatable bonds is 0. The van der Waals surface area contributed by atoms with Crippen LogP contribution in [-0.2, 0) is 14.4 Å². The van der Waals surface area contributed by atoms with Crippen molar-refractivity contribution in [3.8, 4) is 0 Å². The molecular weight excluding hydrogens is 476 g/mol. The lowest BCUT2D eigenvalue weighted by Gasteiger charge is -1.97.